The Labute approximate surface area is 74.5 Å². The molecule has 0 aromatic heterocycles. The summed E-state index contributed by atoms with van der Waals surface area (Å²) in [6.07, 6.45) is 11.7. The van der Waals surface area contributed by atoms with Crippen molar-refractivity contribution in [3.63, 3.8) is 0 Å². The van der Waals surface area contributed by atoms with Gasteiger partial charge in [0.05, 0.1) is 0 Å². The number of rotatable bonds is 0. The van der Waals surface area contributed by atoms with Crippen LogP contribution >= 0.6 is 12.6 Å². The van der Waals surface area contributed by atoms with Crippen molar-refractivity contribution in [3.05, 3.63) is 12.2 Å². The molecule has 1 saturated carbocycles. The van der Waals surface area contributed by atoms with Crippen LogP contribution in [0.15, 0.2) is 12.2 Å². The summed E-state index contributed by atoms with van der Waals surface area (Å²) in [7, 11) is 0. The number of thiol groups is 1. The smallest absolute Gasteiger partial charge is 0.0227 e. The third kappa shape index (κ3) is 1.48. The molecular weight excluding hydrogens is 152 g/mol. The first-order valence-corrected chi connectivity index (χ1v) is 5.24. The van der Waals surface area contributed by atoms with Crippen LogP contribution in [0.2, 0.25) is 0 Å². The average molecular weight is 168 g/mol. The fraction of sp³-hybridized carbons (Fsp3) is 0.800. The van der Waals surface area contributed by atoms with Crippen LogP contribution in [0.4, 0.5) is 0 Å². The molecule has 0 saturated heterocycles. The lowest BCUT2D eigenvalue weighted by molar-refractivity contribution is 0.237. The molecule has 0 heterocycles. The molecule has 0 aromatic carbocycles. The molecule has 0 spiro atoms. The molecule has 3 unspecified atom stereocenters. The molecule has 0 aliphatic heterocycles. The van der Waals surface area contributed by atoms with Gasteiger partial charge in [-0.05, 0) is 31.1 Å². The van der Waals surface area contributed by atoms with Gasteiger partial charge < -0.3 is 0 Å². The minimum Gasteiger partial charge on any atom is -0.171 e. The fourth-order valence-electron chi connectivity index (χ4n) is 2.51. The van der Waals surface area contributed by atoms with Crippen LogP contribution in [0.1, 0.15) is 32.1 Å². The van der Waals surface area contributed by atoms with Crippen LogP contribution < -0.4 is 0 Å². The minimum atomic E-state index is 0.564. The average Bonchev–Trinajstić information content (AvgIpc) is 2.06. The molecule has 2 aliphatic carbocycles. The highest BCUT2D eigenvalue weighted by molar-refractivity contribution is 7.81. The second-order valence-corrected chi connectivity index (χ2v) is 4.46. The van der Waals surface area contributed by atoms with E-state index in [1.807, 2.05) is 0 Å². The van der Waals surface area contributed by atoms with Crippen LogP contribution in [0.25, 0.3) is 0 Å². The zero-order valence-electron chi connectivity index (χ0n) is 6.87. The van der Waals surface area contributed by atoms with Gasteiger partial charge in [0.25, 0.3) is 0 Å². The molecule has 0 nitrogen and oxygen atoms in total. The molecule has 11 heavy (non-hydrogen) atoms. The van der Waals surface area contributed by atoms with Gasteiger partial charge >= 0.3 is 0 Å². The lowest BCUT2D eigenvalue weighted by atomic mass is 9.73. The second kappa shape index (κ2) is 3.22. The molecule has 0 amide bonds. The van der Waals surface area contributed by atoms with Crippen molar-refractivity contribution in [2.45, 2.75) is 37.4 Å². The van der Waals surface area contributed by atoms with Crippen molar-refractivity contribution in [2.75, 3.05) is 0 Å². The van der Waals surface area contributed by atoms with Crippen LogP contribution in [0.5, 0.6) is 0 Å². The highest BCUT2D eigenvalue weighted by Crippen LogP contribution is 2.39. The number of fused-ring (bicyclic) bond motifs is 1. The lowest BCUT2D eigenvalue weighted by Crippen LogP contribution is -2.28. The Morgan fingerprint density at radius 2 is 2.00 bits per heavy atom. The van der Waals surface area contributed by atoms with E-state index >= 15 is 0 Å². The number of hydrogen-bond acceptors (Lipinski definition) is 1. The van der Waals surface area contributed by atoms with Gasteiger partial charge in [0, 0.05) is 5.25 Å². The van der Waals surface area contributed by atoms with E-state index < -0.39 is 0 Å². The summed E-state index contributed by atoms with van der Waals surface area (Å²) in [6.45, 7) is 0. The number of hydrogen-bond donors (Lipinski definition) is 1. The standard InChI is InChI=1S/C10H16S/c11-10-7-3-5-8-4-1-2-6-9(8)10/h3,7-11H,1-2,4-6H2. The molecular formula is C10H16S. The topological polar surface area (TPSA) is 0 Å². The van der Waals surface area contributed by atoms with Gasteiger partial charge in [-0.15, -0.1) is 0 Å². The molecule has 0 N–H and O–H groups in total. The Bertz CT molecular complexity index is 162. The Morgan fingerprint density at radius 3 is 2.82 bits per heavy atom. The van der Waals surface area contributed by atoms with Gasteiger partial charge in [0.15, 0.2) is 0 Å². The van der Waals surface area contributed by atoms with Crippen LogP contribution in [0, 0.1) is 11.8 Å². The van der Waals surface area contributed by atoms with Crippen LogP contribution in [-0.2, 0) is 0 Å². The highest BCUT2D eigenvalue weighted by Gasteiger charge is 2.30. The summed E-state index contributed by atoms with van der Waals surface area (Å²) in [5.41, 5.74) is 0. The Balaban J connectivity index is 2.08. The maximum Gasteiger partial charge on any atom is 0.0227 e. The first-order chi connectivity index (χ1) is 5.38. The maximum atomic E-state index is 4.60. The fourth-order valence-corrected chi connectivity index (χ4v) is 3.03. The quantitative estimate of drug-likeness (QED) is 0.417. The third-order valence-corrected chi connectivity index (χ3v) is 3.73. The summed E-state index contributed by atoms with van der Waals surface area (Å²) >= 11 is 4.60. The first-order valence-electron chi connectivity index (χ1n) is 4.72. The van der Waals surface area contributed by atoms with Gasteiger partial charge in [-0.1, -0.05) is 25.0 Å². The Kier molecular flexibility index (Phi) is 2.26. The monoisotopic (exact) mass is 168 g/mol. The van der Waals surface area contributed by atoms with Crippen molar-refractivity contribution >= 4 is 12.6 Å². The Morgan fingerprint density at radius 1 is 1.18 bits per heavy atom. The van der Waals surface area contributed by atoms with Gasteiger partial charge in [-0.3, -0.25) is 0 Å². The molecule has 2 rings (SSSR count). The van der Waals surface area contributed by atoms with E-state index in [-0.39, 0.29) is 0 Å². The van der Waals surface area contributed by atoms with E-state index in [0.717, 1.165) is 11.8 Å². The predicted molar refractivity (Wildman–Crippen MR) is 52.0 cm³/mol. The molecule has 3 atom stereocenters. The molecule has 2 aliphatic rings. The van der Waals surface area contributed by atoms with Crippen LogP contribution in [0.3, 0.4) is 0 Å². The third-order valence-electron chi connectivity index (χ3n) is 3.18. The zero-order valence-corrected chi connectivity index (χ0v) is 7.76. The molecule has 0 aromatic rings. The van der Waals surface area contributed by atoms with Crippen molar-refractivity contribution < 1.29 is 0 Å². The minimum absolute atomic E-state index is 0.564. The summed E-state index contributed by atoms with van der Waals surface area (Å²) in [6, 6.07) is 0. The zero-order chi connectivity index (χ0) is 7.68. The predicted octanol–water partition coefficient (Wildman–Crippen LogP) is 3.05. The van der Waals surface area contributed by atoms with Gasteiger partial charge in [0.1, 0.15) is 0 Å². The van der Waals surface area contributed by atoms with Gasteiger partial charge in [-0.2, -0.15) is 12.6 Å². The lowest BCUT2D eigenvalue weighted by Gasteiger charge is -2.36. The SMILES string of the molecule is SC1C=CCC2CCCCC12. The molecule has 62 valence electrons. The van der Waals surface area contributed by atoms with Crippen molar-refractivity contribution in [3.8, 4) is 0 Å². The molecule has 1 heteroatoms. The van der Waals surface area contributed by atoms with E-state index in [0.29, 0.717) is 5.25 Å². The molecule has 1 fully saturated rings. The van der Waals surface area contributed by atoms with E-state index in [1.54, 1.807) is 0 Å². The van der Waals surface area contributed by atoms with Gasteiger partial charge in [-0.25, -0.2) is 0 Å². The summed E-state index contributed by atoms with van der Waals surface area (Å²) in [4.78, 5) is 0. The maximum absolute atomic E-state index is 4.60. The normalized spacial score (nSPS) is 43.5. The molecule has 0 bridgehead atoms. The van der Waals surface area contributed by atoms with E-state index in [2.05, 4.69) is 24.8 Å². The van der Waals surface area contributed by atoms with Crippen molar-refractivity contribution in [1.29, 1.82) is 0 Å². The largest absolute Gasteiger partial charge is 0.171 e. The van der Waals surface area contributed by atoms with Crippen molar-refractivity contribution in [1.82, 2.24) is 0 Å². The Hall–Kier alpha value is 0.0900. The molecule has 0 radical (unpaired) electrons. The van der Waals surface area contributed by atoms with Crippen LogP contribution in [-0.4, -0.2) is 5.25 Å². The summed E-state index contributed by atoms with van der Waals surface area (Å²) < 4.78 is 0. The second-order valence-electron chi connectivity index (χ2n) is 3.86. The van der Waals surface area contributed by atoms with Gasteiger partial charge in [0.2, 0.25) is 0 Å². The summed E-state index contributed by atoms with van der Waals surface area (Å²) in [5, 5.41) is 0.564. The van der Waals surface area contributed by atoms with E-state index in [1.165, 1.54) is 32.1 Å². The summed E-state index contributed by atoms with van der Waals surface area (Å²) in [5.74, 6) is 1.87. The van der Waals surface area contributed by atoms with E-state index in [9.17, 15) is 0 Å². The number of allylic oxidation sites excluding steroid dienone is 1. The first kappa shape index (κ1) is 7.72. The van der Waals surface area contributed by atoms with E-state index in [4.69, 9.17) is 0 Å². The van der Waals surface area contributed by atoms with Crippen molar-refractivity contribution in [2.24, 2.45) is 11.8 Å². The highest BCUT2D eigenvalue weighted by atomic mass is 32.1.